The molecule has 0 fully saturated rings. The van der Waals surface area contributed by atoms with Gasteiger partial charge in [0.1, 0.15) is 0 Å². The van der Waals surface area contributed by atoms with Crippen molar-refractivity contribution in [1.82, 2.24) is 4.57 Å². The fourth-order valence-corrected chi connectivity index (χ4v) is 2.40. The highest BCUT2D eigenvalue weighted by atomic mass is 79.9. The van der Waals surface area contributed by atoms with Crippen molar-refractivity contribution in [1.29, 1.82) is 0 Å². The van der Waals surface area contributed by atoms with E-state index in [4.69, 9.17) is 4.74 Å². The molecule has 1 rings (SSSR count). The Morgan fingerprint density at radius 1 is 1.25 bits per heavy atom. The van der Waals surface area contributed by atoms with Crippen molar-refractivity contribution in [2.24, 2.45) is 0 Å². The summed E-state index contributed by atoms with van der Waals surface area (Å²) in [6.45, 7) is 4.93. The zero-order valence-electron chi connectivity index (χ0n) is 12.2. The van der Waals surface area contributed by atoms with Crippen LogP contribution in [0, 0.1) is 6.92 Å². The standard InChI is InChI=1S/C15H22BrNO3/c1-3-20-15(19)8-6-4-5-7-11-17-12(2)13(16)9-10-14(17)18/h9-10H,3-8,11H2,1-2H3. The molecule has 0 bridgehead atoms. The maximum absolute atomic E-state index is 11.8. The maximum atomic E-state index is 11.8. The molecule has 0 saturated carbocycles. The Kier molecular flexibility index (Phi) is 7.59. The molecule has 0 unspecified atom stereocenters. The van der Waals surface area contributed by atoms with E-state index in [-0.39, 0.29) is 11.5 Å². The number of nitrogens with zero attached hydrogens (tertiary/aromatic N) is 1. The number of aromatic nitrogens is 1. The van der Waals surface area contributed by atoms with Crippen molar-refractivity contribution in [3.05, 3.63) is 32.7 Å². The number of carbonyl (C=O) groups excluding carboxylic acids is 1. The molecular weight excluding hydrogens is 322 g/mol. The molecular formula is C15H22BrNO3. The number of carbonyl (C=O) groups is 1. The van der Waals surface area contributed by atoms with Gasteiger partial charge in [-0.25, -0.2) is 0 Å². The van der Waals surface area contributed by atoms with Crippen LogP contribution in [0.15, 0.2) is 21.4 Å². The average Bonchev–Trinajstić information content (AvgIpc) is 2.42. The zero-order chi connectivity index (χ0) is 15.0. The fraction of sp³-hybridized carbons (Fsp3) is 0.600. The molecule has 0 saturated heterocycles. The van der Waals surface area contributed by atoms with Crippen molar-refractivity contribution in [2.45, 2.75) is 52.5 Å². The number of halogens is 1. The third-order valence-corrected chi connectivity index (χ3v) is 4.04. The maximum Gasteiger partial charge on any atom is 0.305 e. The van der Waals surface area contributed by atoms with Gasteiger partial charge in [-0.3, -0.25) is 9.59 Å². The summed E-state index contributed by atoms with van der Waals surface area (Å²) in [6.07, 6.45) is 4.29. The fourth-order valence-electron chi connectivity index (χ4n) is 2.05. The Morgan fingerprint density at radius 3 is 2.65 bits per heavy atom. The van der Waals surface area contributed by atoms with Gasteiger partial charge in [0.25, 0.3) is 5.56 Å². The molecule has 0 N–H and O–H groups in total. The summed E-state index contributed by atoms with van der Waals surface area (Å²) in [6, 6.07) is 3.37. The first-order valence-electron chi connectivity index (χ1n) is 7.07. The van der Waals surface area contributed by atoms with Gasteiger partial charge in [-0.1, -0.05) is 12.8 Å². The lowest BCUT2D eigenvalue weighted by molar-refractivity contribution is -0.143. The third-order valence-electron chi connectivity index (χ3n) is 3.21. The van der Waals surface area contributed by atoms with E-state index >= 15 is 0 Å². The van der Waals surface area contributed by atoms with E-state index in [1.165, 1.54) is 0 Å². The Labute approximate surface area is 128 Å². The topological polar surface area (TPSA) is 48.3 Å². The minimum absolute atomic E-state index is 0.0391. The van der Waals surface area contributed by atoms with E-state index < -0.39 is 0 Å². The third kappa shape index (κ3) is 5.49. The van der Waals surface area contributed by atoms with E-state index in [1.54, 1.807) is 16.7 Å². The second-order valence-electron chi connectivity index (χ2n) is 4.73. The van der Waals surface area contributed by atoms with Gasteiger partial charge in [-0.05, 0) is 48.7 Å². The van der Waals surface area contributed by atoms with Crippen LogP contribution in [0.1, 0.15) is 44.7 Å². The van der Waals surface area contributed by atoms with Crippen LogP contribution in [0.3, 0.4) is 0 Å². The van der Waals surface area contributed by atoms with Crippen LogP contribution in [0.25, 0.3) is 0 Å². The second-order valence-corrected chi connectivity index (χ2v) is 5.58. The predicted molar refractivity (Wildman–Crippen MR) is 82.9 cm³/mol. The number of rotatable bonds is 8. The van der Waals surface area contributed by atoms with E-state index in [9.17, 15) is 9.59 Å². The van der Waals surface area contributed by atoms with Crippen LogP contribution in [0.5, 0.6) is 0 Å². The summed E-state index contributed by atoms with van der Waals surface area (Å²) in [5, 5.41) is 0. The Hall–Kier alpha value is -1.10. The molecule has 0 atom stereocenters. The Morgan fingerprint density at radius 2 is 1.95 bits per heavy atom. The molecule has 112 valence electrons. The monoisotopic (exact) mass is 343 g/mol. The molecule has 0 aliphatic heterocycles. The molecule has 0 aliphatic rings. The van der Waals surface area contributed by atoms with Crippen LogP contribution in [0.4, 0.5) is 0 Å². The molecule has 20 heavy (non-hydrogen) atoms. The molecule has 1 aromatic heterocycles. The lowest BCUT2D eigenvalue weighted by Gasteiger charge is -2.10. The lowest BCUT2D eigenvalue weighted by atomic mass is 10.1. The molecule has 5 heteroatoms. The summed E-state index contributed by atoms with van der Waals surface area (Å²) in [7, 11) is 0. The first-order valence-corrected chi connectivity index (χ1v) is 7.87. The van der Waals surface area contributed by atoms with Crippen LogP contribution in [-0.2, 0) is 16.1 Å². The van der Waals surface area contributed by atoms with E-state index in [1.807, 2.05) is 13.8 Å². The van der Waals surface area contributed by atoms with Gasteiger partial charge in [0.2, 0.25) is 0 Å². The molecule has 0 radical (unpaired) electrons. The highest BCUT2D eigenvalue weighted by Crippen LogP contribution is 2.13. The van der Waals surface area contributed by atoms with Crippen LogP contribution >= 0.6 is 15.9 Å². The van der Waals surface area contributed by atoms with Crippen LogP contribution in [0.2, 0.25) is 0 Å². The number of unbranched alkanes of at least 4 members (excludes halogenated alkanes) is 3. The number of hydrogen-bond donors (Lipinski definition) is 0. The van der Waals surface area contributed by atoms with Crippen molar-refractivity contribution in [2.75, 3.05) is 6.61 Å². The molecule has 0 aliphatic carbocycles. The van der Waals surface area contributed by atoms with Gasteiger partial charge in [0.05, 0.1) is 6.61 Å². The summed E-state index contributed by atoms with van der Waals surface area (Å²) < 4.78 is 7.62. The van der Waals surface area contributed by atoms with Crippen molar-refractivity contribution >= 4 is 21.9 Å². The lowest BCUT2D eigenvalue weighted by Crippen LogP contribution is -2.21. The first kappa shape index (κ1) is 17.0. The normalized spacial score (nSPS) is 10.6. The minimum Gasteiger partial charge on any atom is -0.466 e. The van der Waals surface area contributed by atoms with Gasteiger partial charge in [-0.2, -0.15) is 0 Å². The number of ether oxygens (including phenoxy) is 1. The van der Waals surface area contributed by atoms with Crippen LogP contribution in [-0.4, -0.2) is 17.1 Å². The van der Waals surface area contributed by atoms with Crippen molar-refractivity contribution in [3.63, 3.8) is 0 Å². The van der Waals surface area contributed by atoms with Gasteiger partial charge in [-0.15, -0.1) is 0 Å². The van der Waals surface area contributed by atoms with E-state index in [0.29, 0.717) is 13.0 Å². The largest absolute Gasteiger partial charge is 0.466 e. The molecule has 1 heterocycles. The number of hydrogen-bond acceptors (Lipinski definition) is 3. The molecule has 0 aromatic carbocycles. The average molecular weight is 344 g/mol. The zero-order valence-corrected chi connectivity index (χ0v) is 13.7. The highest BCUT2D eigenvalue weighted by Gasteiger charge is 2.04. The SMILES string of the molecule is CCOC(=O)CCCCCCn1c(C)c(Br)ccc1=O. The van der Waals surface area contributed by atoms with E-state index in [2.05, 4.69) is 15.9 Å². The van der Waals surface area contributed by atoms with Crippen molar-refractivity contribution in [3.8, 4) is 0 Å². The number of pyridine rings is 1. The summed E-state index contributed by atoms with van der Waals surface area (Å²) in [5.41, 5.74) is 1.00. The summed E-state index contributed by atoms with van der Waals surface area (Å²) in [5.74, 6) is -0.119. The first-order chi connectivity index (χ1) is 9.56. The second kappa shape index (κ2) is 8.95. The van der Waals surface area contributed by atoms with Gasteiger partial charge in [0, 0.05) is 29.2 Å². The molecule has 0 spiro atoms. The molecule has 1 aromatic rings. The van der Waals surface area contributed by atoms with Crippen LogP contribution < -0.4 is 5.56 Å². The Bertz CT molecular complexity index is 496. The smallest absolute Gasteiger partial charge is 0.305 e. The summed E-state index contributed by atoms with van der Waals surface area (Å²) in [4.78, 5) is 22.9. The van der Waals surface area contributed by atoms with Crippen molar-refractivity contribution < 1.29 is 9.53 Å². The van der Waals surface area contributed by atoms with Gasteiger partial charge in [0.15, 0.2) is 0 Å². The number of esters is 1. The molecule has 4 nitrogen and oxygen atoms in total. The van der Waals surface area contributed by atoms with Gasteiger partial charge < -0.3 is 9.30 Å². The molecule has 0 amide bonds. The highest BCUT2D eigenvalue weighted by molar-refractivity contribution is 9.10. The summed E-state index contributed by atoms with van der Waals surface area (Å²) >= 11 is 3.43. The Balaban J connectivity index is 2.27. The minimum atomic E-state index is -0.119. The van der Waals surface area contributed by atoms with Gasteiger partial charge >= 0.3 is 5.97 Å². The quantitative estimate of drug-likeness (QED) is 0.536. The predicted octanol–water partition coefficient (Wildman–Crippen LogP) is 3.43. The van der Waals surface area contributed by atoms with E-state index in [0.717, 1.165) is 42.4 Å².